The third-order valence-corrected chi connectivity index (χ3v) is 5.10. The summed E-state index contributed by atoms with van der Waals surface area (Å²) in [6, 6.07) is 1.60. The highest BCUT2D eigenvalue weighted by Gasteiger charge is 2.23. The number of nitrogens with two attached hydrogens (primary N) is 1. The van der Waals surface area contributed by atoms with Crippen molar-refractivity contribution >= 4 is 21.4 Å². The van der Waals surface area contributed by atoms with Gasteiger partial charge in [-0.05, 0) is 6.07 Å². The van der Waals surface area contributed by atoms with Crippen molar-refractivity contribution in [3.63, 3.8) is 0 Å². The Labute approximate surface area is 100 Å². The van der Waals surface area contributed by atoms with Gasteiger partial charge in [-0.1, -0.05) is 12.8 Å². The van der Waals surface area contributed by atoms with Crippen molar-refractivity contribution in [3.8, 4) is 12.3 Å². The van der Waals surface area contributed by atoms with E-state index in [1.165, 1.54) is 15.6 Å². The molecule has 0 atom stereocenters. The third-order valence-electron chi connectivity index (χ3n) is 2.09. The molecule has 0 bridgehead atoms. The van der Waals surface area contributed by atoms with Crippen molar-refractivity contribution in [1.29, 1.82) is 0 Å². The highest BCUT2D eigenvalue weighted by molar-refractivity contribution is 7.89. The van der Waals surface area contributed by atoms with Gasteiger partial charge in [0.05, 0.1) is 11.4 Å². The molecular weight excluding hydrogens is 244 g/mol. The quantitative estimate of drug-likeness (QED) is 0.796. The predicted molar refractivity (Wildman–Crippen MR) is 65.5 cm³/mol. The maximum absolute atomic E-state index is 12.1. The van der Waals surface area contributed by atoms with E-state index in [0.717, 1.165) is 4.88 Å². The topological polar surface area (TPSA) is 63.4 Å². The first-order chi connectivity index (χ1) is 7.56. The van der Waals surface area contributed by atoms with Crippen LogP contribution < -0.4 is 5.73 Å². The molecule has 6 heteroatoms. The van der Waals surface area contributed by atoms with Crippen molar-refractivity contribution in [2.75, 3.05) is 13.1 Å². The van der Waals surface area contributed by atoms with Crippen LogP contribution in [0.5, 0.6) is 0 Å². The Kier molecular flexibility index (Phi) is 4.50. The summed E-state index contributed by atoms with van der Waals surface area (Å²) in [5.74, 6) is 2.34. The Balaban J connectivity index is 3.05. The van der Waals surface area contributed by atoms with Gasteiger partial charge in [0.1, 0.15) is 0 Å². The van der Waals surface area contributed by atoms with Crippen LogP contribution in [0.25, 0.3) is 0 Å². The van der Waals surface area contributed by atoms with E-state index in [4.69, 9.17) is 12.2 Å². The summed E-state index contributed by atoms with van der Waals surface area (Å²) >= 11 is 1.34. The van der Waals surface area contributed by atoms with Crippen LogP contribution in [0.3, 0.4) is 0 Å². The third kappa shape index (κ3) is 2.62. The molecule has 0 aliphatic heterocycles. The van der Waals surface area contributed by atoms with Crippen molar-refractivity contribution in [2.24, 2.45) is 5.73 Å². The van der Waals surface area contributed by atoms with Gasteiger partial charge in [-0.2, -0.15) is 4.31 Å². The number of nitrogens with zero attached hydrogens (tertiary/aromatic N) is 1. The van der Waals surface area contributed by atoms with Gasteiger partial charge in [0, 0.05) is 23.3 Å². The highest BCUT2D eigenvalue weighted by atomic mass is 32.2. The molecule has 0 saturated heterocycles. The van der Waals surface area contributed by atoms with Crippen LogP contribution in [0, 0.1) is 12.3 Å². The van der Waals surface area contributed by atoms with E-state index in [1.54, 1.807) is 18.4 Å². The molecule has 0 amide bonds. The fourth-order valence-electron chi connectivity index (χ4n) is 1.22. The maximum atomic E-state index is 12.1. The highest BCUT2D eigenvalue weighted by Crippen LogP contribution is 2.22. The van der Waals surface area contributed by atoms with Crippen LogP contribution >= 0.6 is 11.3 Å². The van der Waals surface area contributed by atoms with E-state index in [0.29, 0.717) is 13.1 Å². The average Bonchev–Trinajstić information content (AvgIpc) is 2.74. The SMILES string of the molecule is C#CCN(CC)S(=O)(=O)c1csc(CN)c1. The molecule has 0 saturated carbocycles. The molecule has 0 radical (unpaired) electrons. The number of rotatable bonds is 5. The van der Waals surface area contributed by atoms with Crippen LogP contribution in [-0.2, 0) is 16.6 Å². The normalized spacial score (nSPS) is 11.6. The van der Waals surface area contributed by atoms with Gasteiger partial charge in [0.15, 0.2) is 0 Å². The molecule has 16 heavy (non-hydrogen) atoms. The molecule has 0 aromatic carbocycles. The summed E-state index contributed by atoms with van der Waals surface area (Å²) in [6.45, 7) is 2.56. The van der Waals surface area contributed by atoms with Crippen LogP contribution in [-0.4, -0.2) is 25.8 Å². The lowest BCUT2D eigenvalue weighted by atomic mass is 10.5. The van der Waals surface area contributed by atoms with E-state index >= 15 is 0 Å². The first kappa shape index (κ1) is 13.2. The van der Waals surface area contributed by atoms with E-state index in [1.807, 2.05) is 0 Å². The molecule has 0 aliphatic carbocycles. The van der Waals surface area contributed by atoms with E-state index in [9.17, 15) is 8.42 Å². The second-order valence-electron chi connectivity index (χ2n) is 3.09. The van der Waals surface area contributed by atoms with E-state index in [2.05, 4.69) is 5.92 Å². The minimum atomic E-state index is -3.46. The largest absolute Gasteiger partial charge is 0.326 e. The molecule has 88 valence electrons. The Hall–Kier alpha value is -0.870. The fraction of sp³-hybridized carbons (Fsp3) is 0.400. The molecule has 0 spiro atoms. The Bertz CT molecular complexity index is 485. The zero-order valence-electron chi connectivity index (χ0n) is 9.01. The summed E-state index contributed by atoms with van der Waals surface area (Å²) in [6.07, 6.45) is 5.14. The van der Waals surface area contributed by atoms with Crippen molar-refractivity contribution in [1.82, 2.24) is 4.31 Å². The van der Waals surface area contributed by atoms with Gasteiger partial charge in [0.25, 0.3) is 0 Å². The molecular formula is C10H14N2O2S2. The number of terminal acetylenes is 1. The van der Waals surface area contributed by atoms with Crippen LogP contribution in [0.4, 0.5) is 0 Å². The van der Waals surface area contributed by atoms with E-state index < -0.39 is 10.0 Å². The molecule has 4 nitrogen and oxygen atoms in total. The molecule has 1 aromatic heterocycles. The molecule has 1 aromatic rings. The minimum Gasteiger partial charge on any atom is -0.326 e. The smallest absolute Gasteiger partial charge is 0.244 e. The lowest BCUT2D eigenvalue weighted by Gasteiger charge is -2.16. The molecule has 2 N–H and O–H groups in total. The average molecular weight is 258 g/mol. The van der Waals surface area contributed by atoms with Gasteiger partial charge >= 0.3 is 0 Å². The van der Waals surface area contributed by atoms with E-state index in [-0.39, 0.29) is 11.4 Å². The summed E-state index contributed by atoms with van der Waals surface area (Å²) < 4.78 is 25.4. The Morgan fingerprint density at radius 1 is 1.62 bits per heavy atom. The van der Waals surface area contributed by atoms with Crippen LogP contribution in [0.15, 0.2) is 16.3 Å². The molecule has 0 unspecified atom stereocenters. The number of thiophene rings is 1. The first-order valence-electron chi connectivity index (χ1n) is 4.77. The molecule has 1 heterocycles. The zero-order valence-corrected chi connectivity index (χ0v) is 10.6. The monoisotopic (exact) mass is 258 g/mol. The number of hydrogen-bond donors (Lipinski definition) is 1. The summed E-state index contributed by atoms with van der Waals surface area (Å²) in [7, 11) is -3.46. The maximum Gasteiger partial charge on any atom is 0.244 e. The van der Waals surface area contributed by atoms with Gasteiger partial charge < -0.3 is 5.73 Å². The van der Waals surface area contributed by atoms with Crippen molar-refractivity contribution < 1.29 is 8.42 Å². The standard InChI is InChI=1S/C10H14N2O2S2/c1-3-5-12(4-2)16(13,14)10-6-9(7-11)15-8-10/h1,6,8H,4-5,7,11H2,2H3. The summed E-state index contributed by atoms with van der Waals surface area (Å²) in [5.41, 5.74) is 5.44. The summed E-state index contributed by atoms with van der Waals surface area (Å²) in [5, 5.41) is 1.59. The number of hydrogen-bond acceptors (Lipinski definition) is 4. The first-order valence-corrected chi connectivity index (χ1v) is 7.09. The predicted octanol–water partition coefficient (Wildman–Crippen LogP) is 0.851. The fourth-order valence-corrected chi connectivity index (χ4v) is 3.73. The molecule has 0 fully saturated rings. The second-order valence-corrected chi connectivity index (χ2v) is 6.02. The Morgan fingerprint density at radius 3 is 2.75 bits per heavy atom. The van der Waals surface area contributed by atoms with Crippen molar-refractivity contribution in [3.05, 3.63) is 16.3 Å². The number of sulfonamides is 1. The zero-order chi connectivity index (χ0) is 12.2. The molecule has 1 rings (SSSR count). The Morgan fingerprint density at radius 2 is 2.31 bits per heavy atom. The van der Waals surface area contributed by atoms with Gasteiger partial charge in [0.2, 0.25) is 10.0 Å². The lowest BCUT2D eigenvalue weighted by molar-refractivity contribution is 0.464. The van der Waals surface area contributed by atoms with Gasteiger partial charge in [-0.15, -0.1) is 17.8 Å². The molecule has 0 aliphatic rings. The van der Waals surface area contributed by atoms with Crippen molar-refractivity contribution in [2.45, 2.75) is 18.4 Å². The second kappa shape index (κ2) is 5.46. The van der Waals surface area contributed by atoms with Gasteiger partial charge in [-0.25, -0.2) is 8.42 Å². The van der Waals surface area contributed by atoms with Gasteiger partial charge in [-0.3, -0.25) is 0 Å². The lowest BCUT2D eigenvalue weighted by Crippen LogP contribution is -2.30. The van der Waals surface area contributed by atoms with Crippen LogP contribution in [0.2, 0.25) is 0 Å². The van der Waals surface area contributed by atoms with Crippen LogP contribution in [0.1, 0.15) is 11.8 Å². The summed E-state index contributed by atoms with van der Waals surface area (Å²) in [4.78, 5) is 1.12. The minimum absolute atomic E-state index is 0.0899.